The molecule has 29 heavy (non-hydrogen) atoms. The van der Waals surface area contributed by atoms with Crippen LogP contribution in [0.5, 0.6) is 0 Å². The van der Waals surface area contributed by atoms with Gasteiger partial charge in [0.25, 0.3) is 0 Å². The van der Waals surface area contributed by atoms with Gasteiger partial charge in [0.15, 0.2) is 0 Å². The van der Waals surface area contributed by atoms with Crippen LogP contribution in [0.1, 0.15) is 25.3 Å². The van der Waals surface area contributed by atoms with Gasteiger partial charge < -0.3 is 20.3 Å². The summed E-state index contributed by atoms with van der Waals surface area (Å²) < 4.78 is 4.67. The molecule has 0 spiro atoms. The molecule has 1 aromatic carbocycles. The fourth-order valence-corrected chi connectivity index (χ4v) is 1.12. The first-order valence-corrected chi connectivity index (χ1v) is 8.65. The normalized spacial score (nSPS) is 7.93. The maximum absolute atomic E-state index is 10.3. The highest BCUT2D eigenvalue weighted by Crippen LogP contribution is 1.97. The highest BCUT2D eigenvalue weighted by atomic mass is 16.5. The van der Waals surface area contributed by atoms with E-state index in [1.165, 1.54) is 11.6 Å². The third-order valence-corrected chi connectivity index (χ3v) is 2.56. The van der Waals surface area contributed by atoms with Crippen LogP contribution < -0.4 is 5.32 Å². The molecule has 0 radical (unpaired) electrons. The maximum atomic E-state index is 10.3. The van der Waals surface area contributed by atoms with Crippen LogP contribution in [0, 0.1) is 0 Å². The van der Waals surface area contributed by atoms with Gasteiger partial charge in [0.2, 0.25) is 5.91 Å². The number of unbranched alkanes of at least 4 members (excludes halogenated alkanes) is 1. The molecule has 1 amide bonds. The molecule has 1 aromatic rings. The Balaban J connectivity index is -0.000000317. The van der Waals surface area contributed by atoms with Gasteiger partial charge in [0, 0.05) is 12.2 Å². The van der Waals surface area contributed by atoms with Crippen molar-refractivity contribution < 1.29 is 29.3 Å². The van der Waals surface area contributed by atoms with Crippen LogP contribution >= 0.6 is 0 Å². The number of rotatable bonds is 8. The standard InChI is InChI=1S/C8H8.C7H12O2.C4H7NO2.C3H4O2/c1-2-8-6-4-3-5-7-8;1-3-5-6-9-7(8)4-2;1-2-4(7)5-3-6;1-2-3(4)5/h2-7H,1H2;4H,2-3,5-6H2,1H3;2,6H,1,3H2,(H,5,7);2H,1H2,(H,4,5). The van der Waals surface area contributed by atoms with Crippen molar-refractivity contribution in [1.29, 1.82) is 0 Å². The zero-order valence-electron chi connectivity index (χ0n) is 16.9. The van der Waals surface area contributed by atoms with E-state index in [1.807, 2.05) is 43.3 Å². The van der Waals surface area contributed by atoms with E-state index in [4.69, 9.17) is 10.2 Å². The summed E-state index contributed by atoms with van der Waals surface area (Å²) in [7, 11) is 0. The molecule has 7 nitrogen and oxygen atoms in total. The third-order valence-electron chi connectivity index (χ3n) is 2.56. The number of benzene rings is 1. The van der Waals surface area contributed by atoms with Gasteiger partial charge in [0.1, 0.15) is 6.73 Å². The van der Waals surface area contributed by atoms with Crippen LogP contribution in [-0.4, -0.2) is 41.4 Å². The summed E-state index contributed by atoms with van der Waals surface area (Å²) in [4.78, 5) is 29.6. The Morgan fingerprint density at radius 3 is 1.86 bits per heavy atom. The number of amides is 1. The number of esters is 1. The van der Waals surface area contributed by atoms with Crippen molar-refractivity contribution in [3.05, 3.63) is 80.4 Å². The fourth-order valence-electron chi connectivity index (χ4n) is 1.12. The van der Waals surface area contributed by atoms with E-state index in [9.17, 15) is 14.4 Å². The molecule has 0 aliphatic rings. The molecule has 160 valence electrons. The minimum Gasteiger partial charge on any atom is -0.478 e. The van der Waals surface area contributed by atoms with Gasteiger partial charge in [0.05, 0.1) is 6.61 Å². The molecule has 3 N–H and O–H groups in total. The SMILES string of the molecule is C=CC(=O)NCO.C=CC(=O)O.C=CC(=O)OCCCC.C=Cc1ccccc1. The predicted octanol–water partition coefficient (Wildman–Crippen LogP) is 3.34. The number of hydrogen-bond acceptors (Lipinski definition) is 5. The summed E-state index contributed by atoms with van der Waals surface area (Å²) >= 11 is 0. The molecule has 0 saturated carbocycles. The van der Waals surface area contributed by atoms with Gasteiger partial charge >= 0.3 is 11.9 Å². The number of carboxylic acids is 1. The van der Waals surface area contributed by atoms with Crippen LogP contribution in [0.3, 0.4) is 0 Å². The molecule has 0 aromatic heterocycles. The number of ether oxygens (including phenoxy) is 1. The maximum Gasteiger partial charge on any atom is 0.330 e. The predicted molar refractivity (Wildman–Crippen MR) is 116 cm³/mol. The number of carboxylic acid groups (broad SMARTS) is 1. The Bertz CT molecular complexity index is 611. The zero-order chi connectivity index (χ0) is 22.9. The molecule has 0 saturated heterocycles. The lowest BCUT2D eigenvalue weighted by atomic mass is 10.2. The zero-order valence-corrected chi connectivity index (χ0v) is 16.9. The number of aliphatic hydroxyl groups is 1. The summed E-state index contributed by atoms with van der Waals surface area (Å²) in [6.45, 7) is 15.2. The van der Waals surface area contributed by atoms with Crippen LogP contribution in [-0.2, 0) is 19.1 Å². The molecule has 0 unspecified atom stereocenters. The quantitative estimate of drug-likeness (QED) is 0.265. The van der Waals surface area contributed by atoms with Crippen LogP contribution in [0.4, 0.5) is 0 Å². The minimum absolute atomic E-state index is 0.329. The lowest BCUT2D eigenvalue weighted by Gasteiger charge is -1.97. The summed E-state index contributed by atoms with van der Waals surface area (Å²) in [5, 5.41) is 17.7. The Morgan fingerprint density at radius 2 is 1.59 bits per heavy atom. The Hall–Kier alpha value is -3.45. The molecule has 7 heteroatoms. The number of carbonyl (C=O) groups is 3. The second-order valence-corrected chi connectivity index (χ2v) is 4.79. The smallest absolute Gasteiger partial charge is 0.330 e. The minimum atomic E-state index is -0.981. The molecule has 0 bridgehead atoms. The first-order valence-electron chi connectivity index (χ1n) is 8.65. The van der Waals surface area contributed by atoms with E-state index in [-0.39, 0.29) is 18.6 Å². The largest absolute Gasteiger partial charge is 0.478 e. The molecule has 0 heterocycles. The molecular formula is C22H31NO6. The van der Waals surface area contributed by atoms with Crippen molar-refractivity contribution in [2.24, 2.45) is 0 Å². The van der Waals surface area contributed by atoms with E-state index >= 15 is 0 Å². The van der Waals surface area contributed by atoms with Gasteiger partial charge in [-0.1, -0.05) is 76.1 Å². The first kappa shape index (κ1) is 30.3. The Morgan fingerprint density at radius 1 is 1.03 bits per heavy atom. The average Bonchev–Trinajstić information content (AvgIpc) is 2.75. The number of carbonyl (C=O) groups excluding carboxylic acids is 2. The molecular weight excluding hydrogens is 374 g/mol. The lowest BCUT2D eigenvalue weighted by Crippen LogP contribution is -2.20. The van der Waals surface area contributed by atoms with Gasteiger partial charge in [-0.15, -0.1) is 0 Å². The van der Waals surface area contributed by atoms with E-state index in [0.29, 0.717) is 6.61 Å². The van der Waals surface area contributed by atoms with Crippen molar-refractivity contribution in [2.75, 3.05) is 13.3 Å². The molecule has 0 aliphatic carbocycles. The number of hydrogen-bond donors (Lipinski definition) is 3. The van der Waals surface area contributed by atoms with E-state index in [2.05, 4.69) is 36.4 Å². The van der Waals surface area contributed by atoms with Crippen LogP contribution in [0.25, 0.3) is 6.08 Å². The lowest BCUT2D eigenvalue weighted by molar-refractivity contribution is -0.138. The van der Waals surface area contributed by atoms with Crippen molar-refractivity contribution in [1.82, 2.24) is 5.32 Å². The van der Waals surface area contributed by atoms with E-state index < -0.39 is 5.97 Å². The van der Waals surface area contributed by atoms with Crippen molar-refractivity contribution >= 4 is 23.9 Å². The first-order chi connectivity index (χ1) is 13.8. The van der Waals surface area contributed by atoms with Crippen molar-refractivity contribution in [2.45, 2.75) is 19.8 Å². The number of aliphatic hydroxyl groups excluding tert-OH is 1. The Kier molecular flexibility index (Phi) is 25.6. The highest BCUT2D eigenvalue weighted by Gasteiger charge is 1.91. The topological polar surface area (TPSA) is 113 Å². The Labute approximate surface area is 172 Å². The number of nitrogens with one attached hydrogen (secondary N) is 1. The summed E-state index contributed by atoms with van der Waals surface area (Å²) in [5.41, 5.74) is 1.17. The second kappa shape index (κ2) is 24.6. The van der Waals surface area contributed by atoms with Crippen LogP contribution in [0.15, 0.2) is 74.9 Å². The van der Waals surface area contributed by atoms with Crippen molar-refractivity contribution in [3.8, 4) is 0 Å². The summed E-state index contributed by atoms with van der Waals surface area (Å²) in [6, 6.07) is 10.0. The highest BCUT2D eigenvalue weighted by molar-refractivity contribution is 5.86. The van der Waals surface area contributed by atoms with Gasteiger partial charge in [-0.25, -0.2) is 9.59 Å². The van der Waals surface area contributed by atoms with Gasteiger partial charge in [-0.2, -0.15) is 0 Å². The molecule has 0 aliphatic heterocycles. The third kappa shape index (κ3) is 29.6. The monoisotopic (exact) mass is 405 g/mol. The van der Waals surface area contributed by atoms with E-state index in [0.717, 1.165) is 25.0 Å². The summed E-state index contributed by atoms with van der Waals surface area (Å²) in [6.07, 6.45) is 6.91. The van der Waals surface area contributed by atoms with Crippen LogP contribution in [0.2, 0.25) is 0 Å². The fraction of sp³-hybridized carbons (Fsp3) is 0.227. The van der Waals surface area contributed by atoms with Gasteiger partial charge in [-0.05, 0) is 18.1 Å². The van der Waals surface area contributed by atoms with Gasteiger partial charge in [-0.3, -0.25) is 4.79 Å². The number of aliphatic carboxylic acids is 1. The second-order valence-electron chi connectivity index (χ2n) is 4.79. The van der Waals surface area contributed by atoms with E-state index in [1.54, 1.807) is 0 Å². The molecule has 0 fully saturated rings. The molecule has 0 atom stereocenters. The summed E-state index contributed by atoms with van der Waals surface area (Å²) in [5.74, 6) is -1.67. The molecule has 1 rings (SSSR count). The average molecular weight is 405 g/mol. The van der Waals surface area contributed by atoms with Crippen molar-refractivity contribution in [3.63, 3.8) is 0 Å².